The van der Waals surface area contributed by atoms with E-state index < -0.39 is 0 Å². The molecule has 6 heteroatoms. The van der Waals surface area contributed by atoms with Crippen molar-refractivity contribution in [2.75, 3.05) is 0 Å². The average Bonchev–Trinajstić information content (AvgIpc) is 2.18. The van der Waals surface area contributed by atoms with E-state index in [0.717, 1.165) is 0 Å². The first-order chi connectivity index (χ1) is 6.40. The smallest absolute Gasteiger partial charge is 0.178 e. The Hall–Kier alpha value is -2.20. The quantitative estimate of drug-likeness (QED) is 0.374. The highest BCUT2D eigenvalue weighted by molar-refractivity contribution is 5.70. The third-order valence-electron chi connectivity index (χ3n) is 1.46. The van der Waals surface area contributed by atoms with Gasteiger partial charge in [-0.3, -0.25) is 4.98 Å². The first kappa shape index (κ1) is 7.45. The summed E-state index contributed by atoms with van der Waals surface area (Å²) in [5.41, 5.74) is 9.33. The van der Waals surface area contributed by atoms with E-state index in [-0.39, 0.29) is 0 Å². The Morgan fingerprint density at radius 3 is 2.92 bits per heavy atom. The number of hydrogen-bond donors (Lipinski definition) is 0. The van der Waals surface area contributed by atoms with Gasteiger partial charge in [0.05, 0.1) is 0 Å². The zero-order valence-electron chi connectivity index (χ0n) is 6.49. The molecule has 2 aromatic heterocycles. The Labute approximate surface area is 72.9 Å². The van der Waals surface area contributed by atoms with Crippen LogP contribution >= 0.6 is 0 Å². The van der Waals surface area contributed by atoms with E-state index in [1.54, 1.807) is 18.3 Å². The molecule has 62 valence electrons. The molecule has 2 heterocycles. The Morgan fingerprint density at radius 1 is 1.23 bits per heavy atom. The van der Waals surface area contributed by atoms with Crippen molar-refractivity contribution in [3.8, 4) is 0 Å². The van der Waals surface area contributed by atoms with Crippen LogP contribution in [0.3, 0.4) is 0 Å². The van der Waals surface area contributed by atoms with Crippen LogP contribution in [-0.2, 0) is 0 Å². The molecule has 0 aromatic carbocycles. The summed E-state index contributed by atoms with van der Waals surface area (Å²) in [6.45, 7) is 0. The average molecular weight is 172 g/mol. The molecular formula is C7H4N6. The minimum Gasteiger partial charge on any atom is -0.251 e. The van der Waals surface area contributed by atoms with Crippen molar-refractivity contribution < 1.29 is 0 Å². The highest BCUT2D eigenvalue weighted by atomic mass is 15.2. The molecule has 13 heavy (non-hydrogen) atoms. The van der Waals surface area contributed by atoms with Gasteiger partial charge in [-0.15, -0.1) is 0 Å². The first-order valence-corrected chi connectivity index (χ1v) is 3.53. The molecule has 0 aliphatic carbocycles. The second-order valence-corrected chi connectivity index (χ2v) is 2.26. The predicted molar refractivity (Wildman–Crippen MR) is 46.1 cm³/mol. The molecule has 0 saturated heterocycles. The van der Waals surface area contributed by atoms with Crippen LogP contribution in [0.25, 0.3) is 21.6 Å². The molecule has 0 radical (unpaired) electrons. The molecule has 2 aromatic rings. The van der Waals surface area contributed by atoms with E-state index in [0.29, 0.717) is 17.0 Å². The number of hydrogen-bond acceptors (Lipinski definition) is 4. The maximum atomic E-state index is 8.17. The van der Waals surface area contributed by atoms with E-state index in [1.807, 2.05) is 0 Å². The molecule has 0 unspecified atom stereocenters. The van der Waals surface area contributed by atoms with Gasteiger partial charge in [-0.25, -0.2) is 9.97 Å². The Morgan fingerprint density at radius 2 is 2.08 bits per heavy atom. The van der Waals surface area contributed by atoms with Crippen molar-refractivity contribution in [2.45, 2.75) is 0 Å². The molecule has 0 aliphatic rings. The summed E-state index contributed by atoms with van der Waals surface area (Å²) in [5, 5.41) is 3.36. The van der Waals surface area contributed by atoms with Crippen molar-refractivity contribution >= 4 is 17.0 Å². The summed E-state index contributed by atoms with van der Waals surface area (Å²) in [6, 6.07) is 3.30. The van der Waals surface area contributed by atoms with Crippen molar-refractivity contribution in [1.29, 1.82) is 0 Å². The van der Waals surface area contributed by atoms with E-state index in [2.05, 4.69) is 25.0 Å². The molecule has 0 fully saturated rings. The number of nitrogens with zero attached hydrogens (tertiary/aromatic N) is 6. The van der Waals surface area contributed by atoms with Gasteiger partial charge in [0.15, 0.2) is 5.65 Å². The van der Waals surface area contributed by atoms with Crippen LogP contribution in [-0.4, -0.2) is 15.0 Å². The number of aromatic nitrogens is 3. The van der Waals surface area contributed by atoms with Gasteiger partial charge in [0, 0.05) is 17.3 Å². The van der Waals surface area contributed by atoms with Gasteiger partial charge >= 0.3 is 0 Å². The van der Waals surface area contributed by atoms with Gasteiger partial charge < -0.3 is 0 Å². The maximum absolute atomic E-state index is 8.17. The molecule has 2 rings (SSSR count). The largest absolute Gasteiger partial charge is 0.251 e. The van der Waals surface area contributed by atoms with E-state index in [9.17, 15) is 0 Å². The van der Waals surface area contributed by atoms with Crippen molar-refractivity contribution in [1.82, 2.24) is 15.0 Å². The van der Waals surface area contributed by atoms with Crippen molar-refractivity contribution in [3.63, 3.8) is 0 Å². The summed E-state index contributed by atoms with van der Waals surface area (Å²) >= 11 is 0. The maximum Gasteiger partial charge on any atom is 0.178 e. The van der Waals surface area contributed by atoms with Crippen LogP contribution in [0.1, 0.15) is 0 Å². The molecule has 6 nitrogen and oxygen atoms in total. The summed E-state index contributed by atoms with van der Waals surface area (Å²) < 4.78 is 0. The molecule has 0 bridgehead atoms. The fourth-order valence-electron chi connectivity index (χ4n) is 0.946. The van der Waals surface area contributed by atoms with Gasteiger partial charge in [0.2, 0.25) is 0 Å². The van der Waals surface area contributed by atoms with E-state index in [4.69, 9.17) is 5.53 Å². The third kappa shape index (κ3) is 1.38. The van der Waals surface area contributed by atoms with Gasteiger partial charge in [-0.1, -0.05) is 0 Å². The molecule has 0 saturated carbocycles. The molecule has 0 amide bonds. The summed E-state index contributed by atoms with van der Waals surface area (Å²) in [6.07, 6.45) is 3.12. The fourth-order valence-corrected chi connectivity index (χ4v) is 0.946. The van der Waals surface area contributed by atoms with Crippen molar-refractivity contribution in [3.05, 3.63) is 35.0 Å². The lowest BCUT2D eigenvalue weighted by Crippen LogP contribution is -1.84. The topological polar surface area (TPSA) is 87.4 Å². The van der Waals surface area contributed by atoms with E-state index >= 15 is 0 Å². The molecule has 0 spiro atoms. The fraction of sp³-hybridized carbons (Fsp3) is 0. The van der Waals surface area contributed by atoms with Gasteiger partial charge in [-0.2, -0.15) is 0 Å². The third-order valence-corrected chi connectivity index (χ3v) is 1.46. The zero-order chi connectivity index (χ0) is 9.10. The second-order valence-electron chi connectivity index (χ2n) is 2.26. The van der Waals surface area contributed by atoms with Crippen LogP contribution in [0.15, 0.2) is 29.6 Å². The van der Waals surface area contributed by atoms with Gasteiger partial charge in [0.1, 0.15) is 11.3 Å². The molecule has 0 aliphatic heterocycles. The Balaban J connectivity index is 2.68. The Bertz CT molecular complexity index is 487. The molecule has 0 atom stereocenters. The van der Waals surface area contributed by atoms with Gasteiger partial charge in [0.25, 0.3) is 0 Å². The van der Waals surface area contributed by atoms with Crippen molar-refractivity contribution in [2.24, 2.45) is 5.11 Å². The summed E-state index contributed by atoms with van der Waals surface area (Å²) in [7, 11) is 0. The van der Waals surface area contributed by atoms with Crippen LogP contribution in [0.2, 0.25) is 0 Å². The highest BCUT2D eigenvalue weighted by Crippen LogP contribution is 2.12. The monoisotopic (exact) mass is 172 g/mol. The lowest BCUT2D eigenvalue weighted by atomic mass is 10.4. The SMILES string of the molecule is [N-]=[N+]=Nc1ccc2nccnc2n1. The van der Waals surface area contributed by atoms with E-state index in [1.165, 1.54) is 6.20 Å². The van der Waals surface area contributed by atoms with Crippen LogP contribution in [0.5, 0.6) is 0 Å². The zero-order valence-corrected chi connectivity index (χ0v) is 6.49. The second kappa shape index (κ2) is 3.04. The first-order valence-electron chi connectivity index (χ1n) is 3.53. The number of rotatable bonds is 1. The minimum absolute atomic E-state index is 0.301. The highest BCUT2D eigenvalue weighted by Gasteiger charge is 1.96. The predicted octanol–water partition coefficient (Wildman–Crippen LogP) is 1.97. The standard InChI is InChI=1S/C7H4N6/c8-13-12-6-2-1-5-7(11-6)10-4-3-9-5/h1-4H. The summed E-state index contributed by atoms with van der Waals surface area (Å²) in [4.78, 5) is 14.6. The lowest BCUT2D eigenvalue weighted by molar-refractivity contribution is 1.20. The number of fused-ring (bicyclic) bond motifs is 1. The van der Waals surface area contributed by atoms with Gasteiger partial charge in [-0.05, 0) is 22.8 Å². The Kier molecular flexibility index (Phi) is 1.74. The van der Waals surface area contributed by atoms with Crippen LogP contribution in [0.4, 0.5) is 5.82 Å². The lowest BCUT2D eigenvalue weighted by Gasteiger charge is -1.94. The minimum atomic E-state index is 0.301. The van der Waals surface area contributed by atoms with Crippen LogP contribution < -0.4 is 0 Å². The molecular weight excluding hydrogens is 168 g/mol. The summed E-state index contributed by atoms with van der Waals surface area (Å²) in [5.74, 6) is 0.301. The van der Waals surface area contributed by atoms with Crippen LogP contribution in [0, 0.1) is 0 Å². The molecule has 0 N–H and O–H groups in total. The number of pyridine rings is 1. The number of azide groups is 1. The normalized spacial score (nSPS) is 9.54.